The molecule has 1 aromatic rings. The van der Waals surface area contributed by atoms with Gasteiger partial charge in [0.1, 0.15) is 0 Å². The summed E-state index contributed by atoms with van der Waals surface area (Å²) in [5.41, 5.74) is 0.834. The zero-order valence-corrected chi connectivity index (χ0v) is 14.3. The van der Waals surface area contributed by atoms with E-state index in [-0.39, 0.29) is 0 Å². The maximum absolute atomic E-state index is 10.3. The molecule has 2 nitrogen and oxygen atoms in total. The Hall–Kier alpha value is -0.0900. The quantitative estimate of drug-likeness (QED) is 0.720. The van der Waals surface area contributed by atoms with E-state index in [1.54, 1.807) is 0 Å². The minimum atomic E-state index is -0.474. The standard InChI is InChI=1S/C16H23BrClNO/c1-2-3-9-19(13-5-6-13)10-8-16(20)14-7-4-12(17)11-15(14)18/h4,7,11,13,16,20H,2-3,5-6,8-10H2,1H3. The molecule has 1 saturated carbocycles. The SMILES string of the molecule is CCCCN(CCC(O)c1ccc(Br)cc1Cl)C1CC1. The molecule has 1 fully saturated rings. The highest BCUT2D eigenvalue weighted by molar-refractivity contribution is 9.10. The molecule has 0 aliphatic heterocycles. The number of aliphatic hydroxyl groups excluding tert-OH is 1. The highest BCUT2D eigenvalue weighted by Crippen LogP contribution is 2.31. The fraction of sp³-hybridized carbons (Fsp3) is 0.625. The van der Waals surface area contributed by atoms with Gasteiger partial charge in [0, 0.05) is 22.1 Å². The van der Waals surface area contributed by atoms with Crippen LogP contribution in [0.5, 0.6) is 0 Å². The number of hydrogen-bond acceptors (Lipinski definition) is 2. The van der Waals surface area contributed by atoms with Gasteiger partial charge in [-0.15, -0.1) is 0 Å². The number of nitrogens with zero attached hydrogens (tertiary/aromatic N) is 1. The number of benzene rings is 1. The number of aliphatic hydroxyl groups is 1. The van der Waals surface area contributed by atoms with Gasteiger partial charge in [0.05, 0.1) is 6.10 Å². The molecular formula is C16H23BrClNO. The van der Waals surface area contributed by atoms with Crippen LogP contribution in [0.25, 0.3) is 0 Å². The first-order valence-corrected chi connectivity index (χ1v) is 8.66. The molecule has 1 aromatic carbocycles. The summed E-state index contributed by atoms with van der Waals surface area (Å²) in [4.78, 5) is 2.53. The molecule has 20 heavy (non-hydrogen) atoms. The third-order valence-corrected chi connectivity index (χ3v) is 4.69. The molecule has 0 saturated heterocycles. The lowest BCUT2D eigenvalue weighted by molar-refractivity contribution is 0.138. The van der Waals surface area contributed by atoms with Gasteiger partial charge in [0.25, 0.3) is 0 Å². The second-order valence-corrected chi connectivity index (χ2v) is 6.91. The summed E-state index contributed by atoms with van der Waals surface area (Å²) in [6.07, 6.45) is 5.38. The molecule has 1 aliphatic carbocycles. The molecule has 0 aromatic heterocycles. The lowest BCUT2D eigenvalue weighted by Gasteiger charge is -2.23. The minimum Gasteiger partial charge on any atom is -0.388 e. The first kappa shape index (κ1) is 16.3. The van der Waals surface area contributed by atoms with E-state index in [2.05, 4.69) is 27.8 Å². The van der Waals surface area contributed by atoms with Crippen molar-refractivity contribution in [1.82, 2.24) is 4.90 Å². The van der Waals surface area contributed by atoms with Gasteiger partial charge in [-0.25, -0.2) is 0 Å². The van der Waals surface area contributed by atoms with Crippen molar-refractivity contribution >= 4 is 27.5 Å². The summed E-state index contributed by atoms with van der Waals surface area (Å²) >= 11 is 9.58. The van der Waals surface area contributed by atoms with E-state index in [1.807, 2.05) is 18.2 Å². The Bertz CT molecular complexity index is 436. The van der Waals surface area contributed by atoms with Crippen LogP contribution in [0, 0.1) is 0 Å². The molecule has 1 N–H and O–H groups in total. The number of rotatable bonds is 8. The predicted molar refractivity (Wildman–Crippen MR) is 88.2 cm³/mol. The van der Waals surface area contributed by atoms with Crippen molar-refractivity contribution < 1.29 is 5.11 Å². The molecule has 0 heterocycles. The van der Waals surface area contributed by atoms with Crippen LogP contribution in [0.1, 0.15) is 50.7 Å². The smallest absolute Gasteiger partial charge is 0.0816 e. The molecule has 0 radical (unpaired) electrons. The van der Waals surface area contributed by atoms with Gasteiger partial charge >= 0.3 is 0 Å². The highest BCUT2D eigenvalue weighted by Gasteiger charge is 2.28. The van der Waals surface area contributed by atoms with E-state index in [0.717, 1.165) is 35.6 Å². The Kier molecular flexibility index (Phi) is 6.34. The molecule has 1 atom stereocenters. The van der Waals surface area contributed by atoms with Crippen LogP contribution in [0.2, 0.25) is 5.02 Å². The van der Waals surface area contributed by atoms with Gasteiger partial charge in [-0.2, -0.15) is 0 Å². The van der Waals surface area contributed by atoms with Gasteiger partial charge in [0.2, 0.25) is 0 Å². The zero-order chi connectivity index (χ0) is 14.5. The molecule has 0 bridgehead atoms. The molecule has 0 amide bonds. The maximum atomic E-state index is 10.3. The van der Waals surface area contributed by atoms with Crippen molar-refractivity contribution in [1.29, 1.82) is 0 Å². The monoisotopic (exact) mass is 359 g/mol. The van der Waals surface area contributed by atoms with Gasteiger partial charge in [-0.1, -0.05) is 46.9 Å². The van der Waals surface area contributed by atoms with Crippen molar-refractivity contribution in [3.05, 3.63) is 33.3 Å². The summed E-state index contributed by atoms with van der Waals surface area (Å²) in [7, 11) is 0. The summed E-state index contributed by atoms with van der Waals surface area (Å²) in [6, 6.07) is 6.44. The van der Waals surface area contributed by atoms with Crippen LogP contribution in [-0.2, 0) is 0 Å². The normalized spacial score (nSPS) is 16.6. The Balaban J connectivity index is 1.88. The van der Waals surface area contributed by atoms with Crippen molar-refractivity contribution in [3.8, 4) is 0 Å². The lowest BCUT2D eigenvalue weighted by Crippen LogP contribution is -2.29. The van der Waals surface area contributed by atoms with Gasteiger partial charge in [-0.3, -0.25) is 0 Å². The summed E-state index contributed by atoms with van der Waals surface area (Å²) in [5.74, 6) is 0. The molecule has 112 valence electrons. The van der Waals surface area contributed by atoms with E-state index in [1.165, 1.54) is 25.7 Å². The van der Waals surface area contributed by atoms with Gasteiger partial charge in [-0.05, 0) is 49.9 Å². The number of hydrogen-bond donors (Lipinski definition) is 1. The second kappa shape index (κ2) is 7.79. The first-order chi connectivity index (χ1) is 9.61. The third-order valence-electron chi connectivity index (χ3n) is 3.87. The lowest BCUT2D eigenvalue weighted by atomic mass is 10.1. The number of unbranched alkanes of at least 4 members (excludes halogenated alkanes) is 1. The molecule has 1 aliphatic rings. The van der Waals surface area contributed by atoms with Crippen molar-refractivity contribution in [2.24, 2.45) is 0 Å². The molecule has 1 unspecified atom stereocenters. The fourth-order valence-electron chi connectivity index (χ4n) is 2.49. The van der Waals surface area contributed by atoms with Crippen LogP contribution in [-0.4, -0.2) is 29.1 Å². The van der Waals surface area contributed by atoms with Crippen LogP contribution in [0.15, 0.2) is 22.7 Å². The summed E-state index contributed by atoms with van der Waals surface area (Å²) in [5, 5.41) is 11.0. The van der Waals surface area contributed by atoms with Crippen LogP contribution in [0.4, 0.5) is 0 Å². The van der Waals surface area contributed by atoms with E-state index in [4.69, 9.17) is 11.6 Å². The molecular weight excluding hydrogens is 338 g/mol. The Morgan fingerprint density at radius 1 is 1.40 bits per heavy atom. The zero-order valence-electron chi connectivity index (χ0n) is 12.0. The second-order valence-electron chi connectivity index (χ2n) is 5.59. The van der Waals surface area contributed by atoms with Gasteiger partial charge in [0.15, 0.2) is 0 Å². The Labute approximate surface area is 135 Å². The Morgan fingerprint density at radius 3 is 2.75 bits per heavy atom. The third kappa shape index (κ3) is 4.73. The average Bonchev–Trinajstić information content (AvgIpc) is 3.23. The number of halogens is 2. The van der Waals surface area contributed by atoms with E-state index < -0.39 is 6.10 Å². The van der Waals surface area contributed by atoms with E-state index in [0.29, 0.717) is 5.02 Å². The highest BCUT2D eigenvalue weighted by atomic mass is 79.9. The van der Waals surface area contributed by atoms with E-state index >= 15 is 0 Å². The first-order valence-electron chi connectivity index (χ1n) is 7.49. The van der Waals surface area contributed by atoms with Gasteiger partial charge < -0.3 is 10.0 Å². The van der Waals surface area contributed by atoms with Crippen LogP contribution in [0.3, 0.4) is 0 Å². The fourth-order valence-corrected chi connectivity index (χ4v) is 3.29. The molecule has 0 spiro atoms. The van der Waals surface area contributed by atoms with Crippen LogP contribution >= 0.6 is 27.5 Å². The predicted octanol–water partition coefficient (Wildman–Crippen LogP) is 4.79. The topological polar surface area (TPSA) is 23.5 Å². The van der Waals surface area contributed by atoms with E-state index in [9.17, 15) is 5.11 Å². The summed E-state index contributed by atoms with van der Waals surface area (Å²) < 4.78 is 0.945. The minimum absolute atomic E-state index is 0.474. The molecule has 4 heteroatoms. The van der Waals surface area contributed by atoms with Crippen molar-refractivity contribution in [2.75, 3.05) is 13.1 Å². The molecule has 2 rings (SSSR count). The average molecular weight is 361 g/mol. The Morgan fingerprint density at radius 2 is 2.15 bits per heavy atom. The largest absolute Gasteiger partial charge is 0.388 e. The summed E-state index contributed by atoms with van der Waals surface area (Å²) in [6.45, 7) is 4.34. The van der Waals surface area contributed by atoms with Crippen LogP contribution < -0.4 is 0 Å². The van der Waals surface area contributed by atoms with Crippen molar-refractivity contribution in [2.45, 2.75) is 51.2 Å². The maximum Gasteiger partial charge on any atom is 0.0816 e. The van der Waals surface area contributed by atoms with Crippen molar-refractivity contribution in [3.63, 3.8) is 0 Å².